The number of hydrogen-bond acceptors (Lipinski definition) is 4. The van der Waals surface area contributed by atoms with Crippen LogP contribution in [0, 0.1) is 6.92 Å². The van der Waals surface area contributed by atoms with E-state index in [1.807, 2.05) is 0 Å². The largest absolute Gasteiger partial charge is 0.377 e. The fraction of sp³-hybridized carbons (Fsp3) is 0.727. The summed E-state index contributed by atoms with van der Waals surface area (Å²) in [6.07, 6.45) is 2.87. The van der Waals surface area contributed by atoms with Gasteiger partial charge in [0.2, 0.25) is 10.0 Å². The molecule has 1 N–H and O–H groups in total. The maximum atomic E-state index is 12.4. The van der Waals surface area contributed by atoms with Crippen molar-refractivity contribution in [3.8, 4) is 0 Å². The highest BCUT2D eigenvalue weighted by Gasteiger charge is 2.31. The first kappa shape index (κ1) is 14.8. The molecule has 0 bridgehead atoms. The van der Waals surface area contributed by atoms with Gasteiger partial charge in [-0.2, -0.15) is 9.40 Å². The second-order valence-electron chi connectivity index (χ2n) is 4.52. The third-order valence-corrected chi connectivity index (χ3v) is 5.40. The van der Waals surface area contributed by atoms with Crippen molar-refractivity contribution in [1.29, 1.82) is 0 Å². The minimum absolute atomic E-state index is 0.107. The second-order valence-corrected chi connectivity index (χ2v) is 6.81. The van der Waals surface area contributed by atoms with E-state index in [2.05, 4.69) is 10.2 Å². The molecule has 108 valence electrons. The van der Waals surface area contributed by atoms with Gasteiger partial charge in [0.25, 0.3) is 0 Å². The van der Waals surface area contributed by atoms with Crippen molar-refractivity contribution in [3.63, 3.8) is 0 Å². The Morgan fingerprint density at radius 2 is 2.21 bits per heavy atom. The van der Waals surface area contributed by atoms with Crippen molar-refractivity contribution in [2.24, 2.45) is 0 Å². The van der Waals surface area contributed by atoms with Gasteiger partial charge in [0.1, 0.15) is 4.90 Å². The van der Waals surface area contributed by atoms with E-state index in [-0.39, 0.29) is 11.0 Å². The molecule has 0 unspecified atom stereocenters. The average Bonchev–Trinajstić information content (AvgIpc) is 2.84. The fourth-order valence-corrected chi connectivity index (χ4v) is 3.87. The molecule has 1 aromatic rings. The molecule has 1 aliphatic rings. The molecular formula is C11H18ClN3O3S. The predicted molar refractivity (Wildman–Crippen MR) is 71.8 cm³/mol. The van der Waals surface area contributed by atoms with E-state index in [4.69, 9.17) is 16.3 Å². The lowest BCUT2D eigenvalue weighted by Gasteiger charge is -2.30. The van der Waals surface area contributed by atoms with Gasteiger partial charge < -0.3 is 4.74 Å². The highest BCUT2D eigenvalue weighted by atomic mass is 35.5. The Kier molecular flexibility index (Phi) is 4.83. The van der Waals surface area contributed by atoms with Crippen LogP contribution in [0.2, 0.25) is 0 Å². The molecule has 0 spiro atoms. The van der Waals surface area contributed by atoms with E-state index in [0.717, 1.165) is 0 Å². The summed E-state index contributed by atoms with van der Waals surface area (Å²) in [7, 11) is -3.44. The third kappa shape index (κ3) is 3.28. The number of ether oxygens (including phenoxy) is 1. The summed E-state index contributed by atoms with van der Waals surface area (Å²) in [5.41, 5.74) is 0.570. The van der Waals surface area contributed by atoms with Crippen LogP contribution >= 0.6 is 11.6 Å². The van der Waals surface area contributed by atoms with Gasteiger partial charge >= 0.3 is 0 Å². The maximum Gasteiger partial charge on any atom is 0.246 e. The normalized spacial score (nSPS) is 18.8. The standard InChI is InChI=1S/C11H18ClN3O3S/c1-9-11(8-13-14-9)19(16,17)15-5-2-10(3-6-15)18-7-4-12/h8,10H,2-7H2,1H3,(H,13,14). The topological polar surface area (TPSA) is 75.3 Å². The first-order valence-corrected chi connectivity index (χ1v) is 8.21. The van der Waals surface area contributed by atoms with Gasteiger partial charge in [0.15, 0.2) is 0 Å². The number of hydrogen-bond donors (Lipinski definition) is 1. The first-order chi connectivity index (χ1) is 9.05. The van der Waals surface area contributed by atoms with E-state index in [9.17, 15) is 8.42 Å². The van der Waals surface area contributed by atoms with Crippen molar-refractivity contribution in [1.82, 2.24) is 14.5 Å². The molecule has 2 heterocycles. The lowest BCUT2D eigenvalue weighted by Crippen LogP contribution is -2.41. The van der Waals surface area contributed by atoms with Gasteiger partial charge in [-0.15, -0.1) is 11.6 Å². The number of halogens is 1. The number of nitrogens with one attached hydrogen (secondary N) is 1. The van der Waals surface area contributed by atoms with Crippen LogP contribution in [0.25, 0.3) is 0 Å². The number of nitrogens with zero attached hydrogens (tertiary/aromatic N) is 2. The number of piperidine rings is 1. The molecule has 0 amide bonds. The lowest BCUT2D eigenvalue weighted by molar-refractivity contribution is 0.0301. The second kappa shape index (κ2) is 6.21. The zero-order valence-electron chi connectivity index (χ0n) is 10.8. The van der Waals surface area contributed by atoms with Crippen LogP contribution < -0.4 is 0 Å². The molecule has 2 rings (SSSR count). The smallest absolute Gasteiger partial charge is 0.246 e. The third-order valence-electron chi connectivity index (χ3n) is 3.23. The van der Waals surface area contributed by atoms with Gasteiger partial charge in [0, 0.05) is 19.0 Å². The molecular weight excluding hydrogens is 290 g/mol. The summed E-state index contributed by atoms with van der Waals surface area (Å²) in [5, 5.41) is 6.42. The first-order valence-electron chi connectivity index (χ1n) is 6.23. The summed E-state index contributed by atoms with van der Waals surface area (Å²) in [6, 6.07) is 0. The molecule has 6 nitrogen and oxygen atoms in total. The number of aromatic nitrogens is 2. The molecule has 8 heteroatoms. The Hall–Kier alpha value is -0.630. The zero-order valence-corrected chi connectivity index (χ0v) is 12.4. The van der Waals surface area contributed by atoms with Crippen molar-refractivity contribution >= 4 is 21.6 Å². The van der Waals surface area contributed by atoms with Crippen LogP contribution in [0.5, 0.6) is 0 Å². The number of aromatic amines is 1. The molecule has 0 radical (unpaired) electrons. The van der Waals surface area contributed by atoms with Gasteiger partial charge in [-0.3, -0.25) is 5.10 Å². The van der Waals surface area contributed by atoms with Crippen LogP contribution in [-0.4, -0.2) is 54.6 Å². The SMILES string of the molecule is Cc1[nH]ncc1S(=O)(=O)N1CCC(OCCCl)CC1. The molecule has 19 heavy (non-hydrogen) atoms. The van der Waals surface area contributed by atoms with Crippen molar-refractivity contribution in [3.05, 3.63) is 11.9 Å². The van der Waals surface area contributed by atoms with Crippen molar-refractivity contribution in [2.45, 2.75) is 30.8 Å². The van der Waals surface area contributed by atoms with Crippen molar-refractivity contribution < 1.29 is 13.2 Å². The summed E-state index contributed by atoms with van der Waals surface area (Å²) >= 11 is 5.57. The van der Waals surface area contributed by atoms with Crippen LogP contribution in [0.15, 0.2) is 11.1 Å². The Labute approximate surface area is 118 Å². The summed E-state index contributed by atoms with van der Waals surface area (Å²) in [5.74, 6) is 0.465. The molecule has 0 saturated carbocycles. The summed E-state index contributed by atoms with van der Waals surface area (Å²) < 4.78 is 31.8. The molecule has 0 aliphatic carbocycles. The Bertz CT molecular complexity index is 509. The molecule has 0 atom stereocenters. The van der Waals surface area contributed by atoms with Crippen LogP contribution in [0.4, 0.5) is 0 Å². The predicted octanol–water partition coefficient (Wildman–Crippen LogP) is 1.13. The Morgan fingerprint density at radius 3 is 2.74 bits per heavy atom. The number of sulfonamides is 1. The minimum Gasteiger partial charge on any atom is -0.377 e. The van der Waals surface area contributed by atoms with E-state index in [1.165, 1.54) is 10.5 Å². The number of rotatable bonds is 5. The van der Waals surface area contributed by atoms with E-state index in [0.29, 0.717) is 44.1 Å². The van der Waals surface area contributed by atoms with Crippen LogP contribution in [0.3, 0.4) is 0 Å². The molecule has 1 aromatic heterocycles. The summed E-state index contributed by atoms with van der Waals surface area (Å²) in [4.78, 5) is 0.257. The Balaban J connectivity index is 2.00. The highest BCUT2D eigenvalue weighted by molar-refractivity contribution is 7.89. The summed E-state index contributed by atoms with van der Waals surface area (Å²) in [6.45, 7) is 3.16. The monoisotopic (exact) mass is 307 g/mol. The van der Waals surface area contributed by atoms with Gasteiger partial charge in [-0.1, -0.05) is 0 Å². The number of alkyl halides is 1. The molecule has 0 aromatic carbocycles. The number of H-pyrrole nitrogens is 1. The van der Waals surface area contributed by atoms with Crippen LogP contribution in [0.1, 0.15) is 18.5 Å². The lowest BCUT2D eigenvalue weighted by atomic mass is 10.1. The molecule has 1 fully saturated rings. The number of aryl methyl sites for hydroxylation is 1. The molecule has 1 aliphatic heterocycles. The average molecular weight is 308 g/mol. The maximum absolute atomic E-state index is 12.4. The van der Waals surface area contributed by atoms with Gasteiger partial charge in [-0.25, -0.2) is 8.42 Å². The zero-order chi connectivity index (χ0) is 13.9. The molecule has 1 saturated heterocycles. The van der Waals surface area contributed by atoms with Crippen molar-refractivity contribution in [2.75, 3.05) is 25.6 Å². The van der Waals surface area contributed by atoms with E-state index < -0.39 is 10.0 Å². The minimum atomic E-state index is -3.44. The van der Waals surface area contributed by atoms with Gasteiger partial charge in [-0.05, 0) is 19.8 Å². The quantitative estimate of drug-likeness (QED) is 0.827. The van der Waals surface area contributed by atoms with E-state index in [1.54, 1.807) is 6.92 Å². The fourth-order valence-electron chi connectivity index (χ4n) is 2.19. The van der Waals surface area contributed by atoms with Gasteiger partial charge in [0.05, 0.1) is 24.6 Å². The van der Waals surface area contributed by atoms with Crippen LogP contribution in [-0.2, 0) is 14.8 Å². The Morgan fingerprint density at radius 1 is 1.53 bits per heavy atom. The highest BCUT2D eigenvalue weighted by Crippen LogP contribution is 2.23. The van der Waals surface area contributed by atoms with E-state index >= 15 is 0 Å².